The summed E-state index contributed by atoms with van der Waals surface area (Å²) >= 11 is 6.31. The fraction of sp³-hybridized carbons (Fsp3) is 0.208. The minimum absolute atomic E-state index is 0.0589. The molecular formula is C24H21ClN2O2. The summed E-state index contributed by atoms with van der Waals surface area (Å²) in [5.41, 5.74) is 5.43. The van der Waals surface area contributed by atoms with Crippen molar-refractivity contribution >= 4 is 17.3 Å². The van der Waals surface area contributed by atoms with Crippen LogP contribution in [-0.4, -0.2) is 17.8 Å². The fourth-order valence-electron chi connectivity index (χ4n) is 4.05. The van der Waals surface area contributed by atoms with E-state index in [4.69, 9.17) is 26.2 Å². The molecule has 29 heavy (non-hydrogen) atoms. The third-order valence-electron chi connectivity index (χ3n) is 5.54. The topological polar surface area (TPSA) is 34.1 Å². The van der Waals surface area contributed by atoms with Crippen LogP contribution in [0.3, 0.4) is 0 Å². The maximum absolute atomic E-state index is 6.41. The van der Waals surface area contributed by atoms with Gasteiger partial charge in [0.1, 0.15) is 11.5 Å². The zero-order valence-corrected chi connectivity index (χ0v) is 17.1. The molecule has 4 nitrogen and oxygen atoms in total. The number of methoxy groups -OCH3 is 1. The Morgan fingerprint density at radius 2 is 1.83 bits per heavy atom. The molecule has 2 aliphatic heterocycles. The largest absolute Gasteiger partial charge is 0.496 e. The van der Waals surface area contributed by atoms with Gasteiger partial charge < -0.3 is 9.47 Å². The predicted octanol–water partition coefficient (Wildman–Crippen LogP) is 5.90. The Balaban J connectivity index is 1.62. The molecule has 0 fully saturated rings. The molecule has 2 heterocycles. The Kier molecular flexibility index (Phi) is 4.44. The number of benzene rings is 3. The average molecular weight is 405 g/mol. The maximum Gasteiger partial charge on any atom is 0.217 e. The van der Waals surface area contributed by atoms with E-state index in [9.17, 15) is 0 Å². The number of fused-ring (bicyclic) bond motifs is 3. The molecule has 0 radical (unpaired) electrons. The molecule has 0 saturated carbocycles. The second-order valence-corrected chi connectivity index (χ2v) is 7.84. The van der Waals surface area contributed by atoms with Gasteiger partial charge in [-0.1, -0.05) is 53.6 Å². The van der Waals surface area contributed by atoms with Crippen LogP contribution in [0.5, 0.6) is 11.5 Å². The highest BCUT2D eigenvalue weighted by molar-refractivity contribution is 6.30. The van der Waals surface area contributed by atoms with Gasteiger partial charge in [-0.25, -0.2) is 5.01 Å². The van der Waals surface area contributed by atoms with Crippen LogP contribution in [0.4, 0.5) is 0 Å². The summed E-state index contributed by atoms with van der Waals surface area (Å²) in [6.45, 7) is 2.09. The van der Waals surface area contributed by atoms with Gasteiger partial charge >= 0.3 is 0 Å². The maximum atomic E-state index is 6.41. The third-order valence-corrected chi connectivity index (χ3v) is 5.78. The van der Waals surface area contributed by atoms with E-state index < -0.39 is 0 Å². The quantitative estimate of drug-likeness (QED) is 0.545. The van der Waals surface area contributed by atoms with Crippen molar-refractivity contribution in [3.05, 3.63) is 94.0 Å². The van der Waals surface area contributed by atoms with Gasteiger partial charge in [0.15, 0.2) is 0 Å². The third kappa shape index (κ3) is 3.14. The number of hydrogen-bond acceptors (Lipinski definition) is 4. The SMILES string of the molecule is COc1ccccc1[C@H]1Oc2ccc(Cl)cc2[C@@H]2CC(c3ccc(C)cc3)=NN12. The first-order valence-electron chi connectivity index (χ1n) is 9.66. The minimum atomic E-state index is -0.368. The number of aryl methyl sites for hydroxylation is 1. The number of hydrazone groups is 1. The zero-order valence-electron chi connectivity index (χ0n) is 16.3. The first kappa shape index (κ1) is 18.1. The highest BCUT2D eigenvalue weighted by Gasteiger charge is 2.42. The van der Waals surface area contributed by atoms with E-state index in [0.29, 0.717) is 5.02 Å². The van der Waals surface area contributed by atoms with E-state index in [1.54, 1.807) is 7.11 Å². The molecule has 0 N–H and O–H groups in total. The van der Waals surface area contributed by atoms with Crippen LogP contribution >= 0.6 is 11.6 Å². The lowest BCUT2D eigenvalue weighted by Crippen LogP contribution is -2.33. The molecule has 3 aromatic rings. The summed E-state index contributed by atoms with van der Waals surface area (Å²) in [6.07, 6.45) is 0.429. The van der Waals surface area contributed by atoms with Crippen molar-refractivity contribution in [1.29, 1.82) is 0 Å². The van der Waals surface area contributed by atoms with Crippen molar-refractivity contribution in [3.63, 3.8) is 0 Å². The Bertz CT molecular complexity index is 1090. The molecule has 0 spiro atoms. The normalized spacial score (nSPS) is 19.8. The zero-order chi connectivity index (χ0) is 20.0. The lowest BCUT2D eigenvalue weighted by molar-refractivity contribution is -0.0203. The van der Waals surface area contributed by atoms with Crippen molar-refractivity contribution in [2.24, 2.45) is 5.10 Å². The molecule has 0 aromatic heterocycles. The fourth-order valence-corrected chi connectivity index (χ4v) is 4.23. The Labute approximate surface area is 175 Å². The molecule has 0 amide bonds. The number of halogens is 1. The lowest BCUT2D eigenvalue weighted by atomic mass is 9.95. The highest BCUT2D eigenvalue weighted by Crippen LogP contribution is 2.49. The standard InChI is InChI=1S/C24H21ClN2O2/c1-15-7-9-16(10-8-15)20-14-21-19-13-17(25)11-12-23(19)29-24(27(21)26-20)18-5-3-4-6-22(18)28-2/h3-13,21,24H,14H2,1-2H3/t21-,24+/m0/s1. The molecule has 5 rings (SSSR count). The number of ether oxygens (including phenoxy) is 2. The summed E-state index contributed by atoms with van der Waals surface area (Å²) in [5.74, 6) is 1.62. The second kappa shape index (κ2) is 7.12. The summed E-state index contributed by atoms with van der Waals surface area (Å²) in [4.78, 5) is 0. The first-order valence-corrected chi connectivity index (χ1v) is 10.0. The van der Waals surface area contributed by atoms with Crippen molar-refractivity contribution in [3.8, 4) is 11.5 Å². The van der Waals surface area contributed by atoms with E-state index in [-0.39, 0.29) is 12.3 Å². The molecule has 2 atom stereocenters. The van der Waals surface area contributed by atoms with Crippen LogP contribution < -0.4 is 9.47 Å². The summed E-state index contributed by atoms with van der Waals surface area (Å²) in [6, 6.07) is 22.3. The number of rotatable bonds is 3. The molecule has 5 heteroatoms. The van der Waals surface area contributed by atoms with E-state index in [1.165, 1.54) is 5.56 Å². The van der Waals surface area contributed by atoms with Crippen LogP contribution in [0.2, 0.25) is 5.02 Å². The van der Waals surface area contributed by atoms with Gasteiger partial charge in [-0.15, -0.1) is 0 Å². The van der Waals surface area contributed by atoms with Gasteiger partial charge in [0.2, 0.25) is 6.23 Å². The molecule has 0 aliphatic carbocycles. The number of nitrogens with zero attached hydrogens (tertiary/aromatic N) is 2. The summed E-state index contributed by atoms with van der Waals surface area (Å²) in [7, 11) is 1.68. The Morgan fingerprint density at radius 3 is 2.62 bits per heavy atom. The van der Waals surface area contributed by atoms with E-state index in [0.717, 1.165) is 40.3 Å². The minimum Gasteiger partial charge on any atom is -0.496 e. The number of para-hydroxylation sites is 1. The van der Waals surface area contributed by atoms with Crippen molar-refractivity contribution in [1.82, 2.24) is 5.01 Å². The van der Waals surface area contributed by atoms with Crippen LogP contribution in [0, 0.1) is 6.92 Å². The monoisotopic (exact) mass is 404 g/mol. The van der Waals surface area contributed by atoms with Crippen LogP contribution in [0.15, 0.2) is 71.8 Å². The molecule has 0 bridgehead atoms. The number of hydrogen-bond donors (Lipinski definition) is 0. The van der Waals surface area contributed by atoms with E-state index >= 15 is 0 Å². The first-order chi connectivity index (χ1) is 14.1. The van der Waals surface area contributed by atoms with Crippen molar-refractivity contribution in [2.75, 3.05) is 7.11 Å². The lowest BCUT2D eigenvalue weighted by Gasteiger charge is -2.38. The van der Waals surface area contributed by atoms with Crippen LogP contribution in [-0.2, 0) is 0 Å². The average Bonchev–Trinajstić information content (AvgIpc) is 3.19. The van der Waals surface area contributed by atoms with Gasteiger partial charge in [0.05, 0.1) is 24.4 Å². The van der Waals surface area contributed by atoms with Gasteiger partial charge in [-0.3, -0.25) is 0 Å². The van der Waals surface area contributed by atoms with Crippen LogP contribution in [0.25, 0.3) is 0 Å². The van der Waals surface area contributed by atoms with Gasteiger partial charge in [0, 0.05) is 17.0 Å². The molecule has 146 valence electrons. The molecule has 3 aromatic carbocycles. The van der Waals surface area contributed by atoms with E-state index in [1.807, 2.05) is 47.5 Å². The molecule has 2 aliphatic rings. The Hall–Kier alpha value is -2.98. The van der Waals surface area contributed by atoms with Gasteiger partial charge in [-0.05, 0) is 42.8 Å². The van der Waals surface area contributed by atoms with Gasteiger partial charge in [-0.2, -0.15) is 5.10 Å². The molecular weight excluding hydrogens is 384 g/mol. The second-order valence-electron chi connectivity index (χ2n) is 7.41. The van der Waals surface area contributed by atoms with E-state index in [2.05, 4.69) is 31.2 Å². The summed E-state index contributed by atoms with van der Waals surface area (Å²) in [5, 5.41) is 7.75. The van der Waals surface area contributed by atoms with Crippen molar-refractivity contribution in [2.45, 2.75) is 25.6 Å². The molecule has 0 unspecified atom stereocenters. The summed E-state index contributed by atoms with van der Waals surface area (Å²) < 4.78 is 12.0. The smallest absolute Gasteiger partial charge is 0.217 e. The highest BCUT2D eigenvalue weighted by atomic mass is 35.5. The molecule has 0 saturated heterocycles. The van der Waals surface area contributed by atoms with Crippen LogP contribution in [0.1, 0.15) is 40.9 Å². The Morgan fingerprint density at radius 1 is 1.03 bits per heavy atom. The predicted molar refractivity (Wildman–Crippen MR) is 115 cm³/mol. The van der Waals surface area contributed by atoms with Gasteiger partial charge in [0.25, 0.3) is 0 Å². The van der Waals surface area contributed by atoms with Crippen molar-refractivity contribution < 1.29 is 9.47 Å².